The number of nitrogen functional groups attached to an aromatic ring is 1. The van der Waals surface area contributed by atoms with Crippen molar-refractivity contribution in [3.63, 3.8) is 0 Å². The summed E-state index contributed by atoms with van der Waals surface area (Å²) in [4.78, 5) is 36.0. The van der Waals surface area contributed by atoms with Crippen LogP contribution in [0.2, 0.25) is 0 Å². The van der Waals surface area contributed by atoms with Crippen LogP contribution in [-0.4, -0.2) is 60.9 Å². The van der Waals surface area contributed by atoms with Crippen LogP contribution in [0.3, 0.4) is 0 Å². The van der Waals surface area contributed by atoms with E-state index < -0.39 is 42.3 Å². The molecule has 1 saturated carbocycles. The first-order chi connectivity index (χ1) is 16.1. The predicted molar refractivity (Wildman–Crippen MR) is 114 cm³/mol. The van der Waals surface area contributed by atoms with Crippen LogP contribution >= 0.6 is 0 Å². The van der Waals surface area contributed by atoms with Gasteiger partial charge in [0.05, 0.1) is 18.4 Å². The Kier molecular flexibility index (Phi) is 7.61. The van der Waals surface area contributed by atoms with Gasteiger partial charge in [0.15, 0.2) is 17.6 Å². The Labute approximate surface area is 193 Å². The third-order valence-electron chi connectivity index (χ3n) is 5.43. The number of hydrogen-bond donors (Lipinski definition) is 3. The molecule has 4 N–H and O–H groups in total. The monoisotopic (exact) mass is 482 g/mol. The topological polar surface area (TPSA) is 145 Å². The predicted octanol–water partition coefficient (Wildman–Crippen LogP) is 1.62. The lowest BCUT2D eigenvalue weighted by atomic mass is 10.2. The smallest absolute Gasteiger partial charge is 0.451 e. The van der Waals surface area contributed by atoms with Gasteiger partial charge in [0.1, 0.15) is 11.6 Å². The third kappa shape index (κ3) is 5.39. The summed E-state index contributed by atoms with van der Waals surface area (Å²) in [7, 11) is 0. The molecule has 2 aromatic rings. The number of nitrogens with zero attached hydrogens (tertiary/aromatic N) is 4. The Bertz CT molecular complexity index is 1120. The zero-order valence-corrected chi connectivity index (χ0v) is 18.6. The molecular weight excluding hydrogens is 457 g/mol. The van der Waals surface area contributed by atoms with Crippen LogP contribution < -0.4 is 11.1 Å². The van der Waals surface area contributed by atoms with Crippen molar-refractivity contribution in [1.29, 1.82) is 0 Å². The number of nitrogens with one attached hydrogen (secondary N) is 1. The van der Waals surface area contributed by atoms with Gasteiger partial charge in [0.25, 0.3) is 0 Å². The zero-order chi connectivity index (χ0) is 25.0. The molecule has 0 aliphatic heterocycles. The van der Waals surface area contributed by atoms with Crippen molar-refractivity contribution in [1.82, 2.24) is 24.8 Å². The summed E-state index contributed by atoms with van der Waals surface area (Å²) in [6, 6.07) is -1.99. The summed E-state index contributed by atoms with van der Waals surface area (Å²) < 4.78 is 44.7. The van der Waals surface area contributed by atoms with E-state index in [1.54, 1.807) is 6.92 Å². The third-order valence-corrected chi connectivity index (χ3v) is 5.43. The first-order valence-electron chi connectivity index (χ1n) is 10.8. The van der Waals surface area contributed by atoms with Crippen molar-refractivity contribution in [2.24, 2.45) is 0 Å². The van der Waals surface area contributed by atoms with Crippen LogP contribution in [0.15, 0.2) is 6.33 Å². The van der Waals surface area contributed by atoms with Crippen LogP contribution in [0.4, 0.5) is 19.0 Å². The molecule has 0 saturated heterocycles. The highest BCUT2D eigenvalue weighted by molar-refractivity contribution is 5.82. The van der Waals surface area contributed by atoms with Gasteiger partial charge in [-0.05, 0) is 18.8 Å². The van der Waals surface area contributed by atoms with Crippen molar-refractivity contribution in [2.45, 2.75) is 76.4 Å². The average Bonchev–Trinajstić information content (AvgIpc) is 3.32. The molecule has 3 rings (SSSR count). The van der Waals surface area contributed by atoms with Gasteiger partial charge in [0.2, 0.25) is 11.7 Å². The summed E-state index contributed by atoms with van der Waals surface area (Å²) in [5.41, 5.74) is 6.30. The van der Waals surface area contributed by atoms with Gasteiger partial charge in [0, 0.05) is 12.8 Å². The molecule has 1 aliphatic rings. The number of halogens is 3. The Morgan fingerprint density at radius 3 is 2.74 bits per heavy atom. The molecule has 0 bridgehead atoms. The summed E-state index contributed by atoms with van der Waals surface area (Å²) in [6.45, 7) is 3.61. The maximum absolute atomic E-state index is 12.9. The molecule has 1 fully saturated rings. The summed E-state index contributed by atoms with van der Waals surface area (Å²) in [5.74, 6) is 2.97. The van der Waals surface area contributed by atoms with Gasteiger partial charge in [-0.3, -0.25) is 4.79 Å². The number of unbranched alkanes of at least 4 members (excludes halogenated alkanes) is 2. The molecule has 4 atom stereocenters. The number of aliphatic hydroxyl groups is 1. The van der Waals surface area contributed by atoms with E-state index in [4.69, 9.17) is 5.73 Å². The van der Waals surface area contributed by atoms with Gasteiger partial charge in [-0.15, -0.1) is 0 Å². The second-order valence-electron chi connectivity index (χ2n) is 7.85. The van der Waals surface area contributed by atoms with E-state index in [1.807, 2.05) is 6.92 Å². The molecule has 184 valence electrons. The highest BCUT2D eigenvalue weighted by Crippen LogP contribution is 2.37. The van der Waals surface area contributed by atoms with Crippen LogP contribution in [-0.2, 0) is 14.3 Å². The largest absolute Gasteiger partial charge is 0.490 e. The number of ether oxygens (including phenoxy) is 1. The van der Waals surface area contributed by atoms with E-state index in [0.29, 0.717) is 6.42 Å². The van der Waals surface area contributed by atoms with E-state index in [9.17, 15) is 27.9 Å². The molecule has 1 amide bonds. The molecule has 2 aromatic heterocycles. The van der Waals surface area contributed by atoms with Crippen LogP contribution in [0, 0.1) is 11.8 Å². The Morgan fingerprint density at radius 1 is 1.35 bits per heavy atom. The number of nitrogens with two attached hydrogens (primary N) is 1. The number of aliphatic hydroxyl groups excluding tert-OH is 1. The standard InChI is InChI=1S/C21H25F3N6O4/c1-3-5-6-7-8-13-28-18(25)15-19(29-13)30(10-26-15)12-9-11(27-14(31)4-2)16(32)17(12)34-20(33)21(22,23)24/h10-12,16-17,32H,3-6,9H2,1-2H3,(H,27,31)(H2,25,28,29)/t11?,12-,16?,17+/m1/s1. The van der Waals surface area contributed by atoms with Gasteiger partial charge in [-0.2, -0.15) is 13.2 Å². The number of imidazole rings is 1. The Balaban J connectivity index is 2.01. The number of rotatable bonds is 6. The average molecular weight is 482 g/mol. The maximum atomic E-state index is 12.9. The maximum Gasteiger partial charge on any atom is 0.490 e. The van der Waals surface area contributed by atoms with E-state index in [0.717, 1.165) is 12.8 Å². The lowest BCUT2D eigenvalue weighted by molar-refractivity contribution is -0.209. The molecule has 2 heterocycles. The number of carbonyl (C=O) groups is 2. The fraction of sp³-hybridized carbons (Fsp3) is 0.571. The highest BCUT2D eigenvalue weighted by Gasteiger charge is 2.51. The minimum atomic E-state index is -5.26. The molecule has 13 heteroatoms. The Morgan fingerprint density at radius 2 is 2.09 bits per heavy atom. The second-order valence-corrected chi connectivity index (χ2v) is 7.85. The Hall–Kier alpha value is -3.40. The SMILES string of the molecule is CCCCC#Cc1nc(N)c2ncn([C@@H]3CC(NC(=O)CC)C(O)[C@H]3OC(=O)C(F)(F)F)c2n1. The van der Waals surface area contributed by atoms with Gasteiger partial charge >= 0.3 is 12.1 Å². The fourth-order valence-corrected chi connectivity index (χ4v) is 3.70. The lowest BCUT2D eigenvalue weighted by Crippen LogP contribution is -2.45. The molecule has 1 aliphatic carbocycles. The van der Waals surface area contributed by atoms with Crippen LogP contribution in [0.25, 0.3) is 11.2 Å². The lowest BCUT2D eigenvalue weighted by Gasteiger charge is -2.24. The number of esters is 1. The fourth-order valence-electron chi connectivity index (χ4n) is 3.70. The van der Waals surface area contributed by atoms with E-state index in [-0.39, 0.29) is 35.6 Å². The molecule has 0 radical (unpaired) electrons. The molecule has 0 spiro atoms. The summed E-state index contributed by atoms with van der Waals surface area (Å²) >= 11 is 0. The minimum Gasteiger partial charge on any atom is -0.451 e. The van der Waals surface area contributed by atoms with E-state index in [2.05, 4.69) is 36.8 Å². The molecule has 10 nitrogen and oxygen atoms in total. The first kappa shape index (κ1) is 25.2. The zero-order valence-electron chi connectivity index (χ0n) is 18.6. The van der Waals surface area contributed by atoms with E-state index >= 15 is 0 Å². The number of carbonyl (C=O) groups excluding carboxylic acids is 2. The van der Waals surface area contributed by atoms with E-state index in [1.165, 1.54) is 10.9 Å². The molecule has 2 unspecified atom stereocenters. The van der Waals surface area contributed by atoms with Gasteiger partial charge < -0.3 is 25.5 Å². The van der Waals surface area contributed by atoms with Gasteiger partial charge in [-0.1, -0.05) is 26.2 Å². The molecule has 0 aromatic carbocycles. The van der Waals surface area contributed by atoms with Crippen molar-refractivity contribution < 1.29 is 32.6 Å². The number of amides is 1. The molecular formula is C21H25F3N6O4. The number of aromatic nitrogens is 4. The van der Waals surface area contributed by atoms with Crippen molar-refractivity contribution in [2.75, 3.05) is 5.73 Å². The quantitative estimate of drug-likeness (QED) is 0.320. The first-order valence-corrected chi connectivity index (χ1v) is 10.8. The summed E-state index contributed by atoms with van der Waals surface area (Å²) in [6.07, 6.45) is -4.71. The number of hydrogen-bond acceptors (Lipinski definition) is 8. The number of fused-ring (bicyclic) bond motifs is 1. The normalized spacial score (nSPS) is 22.3. The van der Waals surface area contributed by atoms with Gasteiger partial charge in [-0.25, -0.2) is 19.7 Å². The van der Waals surface area contributed by atoms with Crippen molar-refractivity contribution in [3.05, 3.63) is 12.2 Å². The van der Waals surface area contributed by atoms with Crippen LogP contribution in [0.1, 0.15) is 57.8 Å². The van der Waals surface area contributed by atoms with Crippen molar-refractivity contribution in [3.8, 4) is 11.8 Å². The number of anilines is 1. The molecule has 34 heavy (non-hydrogen) atoms. The minimum absolute atomic E-state index is 0.0155. The number of alkyl halides is 3. The second kappa shape index (κ2) is 10.3. The van der Waals surface area contributed by atoms with Crippen molar-refractivity contribution >= 4 is 28.9 Å². The summed E-state index contributed by atoms with van der Waals surface area (Å²) in [5, 5.41) is 13.2. The highest BCUT2D eigenvalue weighted by atomic mass is 19.4. The van der Waals surface area contributed by atoms with Crippen LogP contribution in [0.5, 0.6) is 0 Å².